The van der Waals surface area contributed by atoms with E-state index >= 15 is 0 Å². The molecule has 1 aromatic heterocycles. The summed E-state index contributed by atoms with van der Waals surface area (Å²) in [6.45, 7) is -0.0121. The van der Waals surface area contributed by atoms with Crippen molar-refractivity contribution in [3.05, 3.63) is 70.6 Å². The zero-order valence-corrected chi connectivity index (χ0v) is 14.5. The van der Waals surface area contributed by atoms with Crippen LogP contribution in [0.4, 0.5) is 5.69 Å². The number of likely N-dealkylation sites (N-methyl/N-ethyl adjacent to an activating group) is 1. The molecule has 3 aromatic rings. The van der Waals surface area contributed by atoms with Gasteiger partial charge in [-0.2, -0.15) is 0 Å². The van der Waals surface area contributed by atoms with Gasteiger partial charge in [-0.15, -0.1) is 0 Å². The molecule has 0 aliphatic carbocycles. The topological polar surface area (TPSA) is 88.9 Å². The molecule has 7 nitrogen and oxygen atoms in total. The van der Waals surface area contributed by atoms with Crippen LogP contribution < -0.4 is 20.6 Å². The number of ether oxygens (including phenoxy) is 1. The zero-order chi connectivity index (χ0) is 19.0. The van der Waals surface area contributed by atoms with Crippen molar-refractivity contribution in [2.75, 3.05) is 18.5 Å². The molecule has 0 saturated heterocycles. The predicted molar refractivity (Wildman–Crippen MR) is 99.1 cm³/mol. The summed E-state index contributed by atoms with van der Waals surface area (Å²) in [4.78, 5) is 39.0. The first kappa shape index (κ1) is 16.8. The lowest BCUT2D eigenvalue weighted by atomic mass is 10.1. The number of fused-ring (bicyclic) bond motifs is 2. The van der Waals surface area contributed by atoms with Crippen LogP contribution >= 0.6 is 0 Å². The van der Waals surface area contributed by atoms with Crippen LogP contribution in [0.2, 0.25) is 0 Å². The summed E-state index contributed by atoms with van der Waals surface area (Å²) < 4.78 is 11.0. The third kappa shape index (κ3) is 2.93. The Kier molecular flexibility index (Phi) is 4.12. The fraction of sp³-hybridized carbons (Fsp3) is 0.150. The molecule has 0 spiro atoms. The highest BCUT2D eigenvalue weighted by molar-refractivity contribution is 6.08. The smallest absolute Gasteiger partial charge is 0.349 e. The van der Waals surface area contributed by atoms with E-state index in [1.165, 1.54) is 18.0 Å². The summed E-state index contributed by atoms with van der Waals surface area (Å²) >= 11 is 0. The number of anilines is 1. The van der Waals surface area contributed by atoms with E-state index in [0.717, 1.165) is 0 Å². The number of carbonyl (C=O) groups is 2. The fourth-order valence-electron chi connectivity index (χ4n) is 3.08. The zero-order valence-electron chi connectivity index (χ0n) is 14.5. The molecule has 4 rings (SSSR count). The van der Waals surface area contributed by atoms with E-state index in [1.807, 2.05) is 0 Å². The Morgan fingerprint density at radius 1 is 1.11 bits per heavy atom. The van der Waals surface area contributed by atoms with Crippen molar-refractivity contribution >= 4 is 28.5 Å². The second kappa shape index (κ2) is 6.60. The van der Waals surface area contributed by atoms with E-state index < -0.39 is 17.6 Å². The summed E-state index contributed by atoms with van der Waals surface area (Å²) in [6, 6.07) is 15.4. The van der Waals surface area contributed by atoms with Gasteiger partial charge in [-0.3, -0.25) is 9.59 Å². The molecule has 0 fully saturated rings. The number of nitrogens with zero attached hydrogens (tertiary/aromatic N) is 1. The van der Waals surface area contributed by atoms with Gasteiger partial charge in [-0.1, -0.05) is 30.3 Å². The number of hydrogen-bond acceptors (Lipinski definition) is 5. The highest BCUT2D eigenvalue weighted by Gasteiger charge is 2.34. The maximum Gasteiger partial charge on any atom is 0.349 e. The second-order valence-electron chi connectivity index (χ2n) is 6.09. The van der Waals surface area contributed by atoms with Crippen LogP contribution in [0.1, 0.15) is 10.4 Å². The van der Waals surface area contributed by atoms with Crippen LogP contribution in [0.5, 0.6) is 5.75 Å². The van der Waals surface area contributed by atoms with E-state index in [1.54, 1.807) is 48.5 Å². The van der Waals surface area contributed by atoms with Crippen molar-refractivity contribution in [3.8, 4) is 5.75 Å². The van der Waals surface area contributed by atoms with Gasteiger partial charge in [0.05, 0.1) is 12.2 Å². The minimum atomic E-state index is -0.874. The lowest BCUT2D eigenvalue weighted by molar-refractivity contribution is -0.127. The van der Waals surface area contributed by atoms with E-state index in [-0.39, 0.29) is 18.0 Å². The van der Waals surface area contributed by atoms with Gasteiger partial charge in [-0.05, 0) is 24.3 Å². The van der Waals surface area contributed by atoms with Crippen LogP contribution in [0.25, 0.3) is 11.0 Å². The minimum absolute atomic E-state index is 0.0121. The van der Waals surface area contributed by atoms with E-state index in [0.29, 0.717) is 22.4 Å². The number of hydrogen-bond donors (Lipinski definition) is 1. The lowest BCUT2D eigenvalue weighted by Gasteiger charge is -2.33. The third-order valence-corrected chi connectivity index (χ3v) is 4.43. The van der Waals surface area contributed by atoms with E-state index in [4.69, 9.17) is 9.15 Å². The van der Waals surface area contributed by atoms with Crippen molar-refractivity contribution in [2.45, 2.75) is 6.10 Å². The molecular weight excluding hydrogens is 348 g/mol. The number of rotatable bonds is 2. The molecule has 7 heteroatoms. The number of nitrogens with one attached hydrogen (secondary N) is 1. The van der Waals surface area contributed by atoms with Crippen LogP contribution in [-0.4, -0.2) is 31.5 Å². The molecule has 2 amide bonds. The number of para-hydroxylation sites is 3. The van der Waals surface area contributed by atoms with Crippen molar-refractivity contribution in [3.63, 3.8) is 0 Å². The first-order chi connectivity index (χ1) is 13.1. The first-order valence-electron chi connectivity index (χ1n) is 8.40. The van der Waals surface area contributed by atoms with Crippen LogP contribution in [-0.2, 0) is 4.79 Å². The van der Waals surface area contributed by atoms with Gasteiger partial charge >= 0.3 is 5.63 Å². The Morgan fingerprint density at radius 2 is 1.85 bits per heavy atom. The Morgan fingerprint density at radius 3 is 2.67 bits per heavy atom. The molecule has 2 heterocycles. The van der Waals surface area contributed by atoms with Gasteiger partial charge in [0.2, 0.25) is 0 Å². The normalized spacial score (nSPS) is 15.7. The average molecular weight is 364 g/mol. The minimum Gasteiger partial charge on any atom is -0.477 e. The molecule has 1 atom stereocenters. The van der Waals surface area contributed by atoms with Gasteiger partial charge in [0, 0.05) is 12.4 Å². The number of benzene rings is 2. The SMILES string of the molecule is CNC(=O)[C@H]1CN(C(=O)c2cc3ccccc3oc2=O)c2ccccc2O1. The molecule has 1 aliphatic rings. The van der Waals surface area contributed by atoms with Gasteiger partial charge in [0.1, 0.15) is 16.9 Å². The van der Waals surface area contributed by atoms with Crippen molar-refractivity contribution in [1.29, 1.82) is 0 Å². The van der Waals surface area contributed by atoms with Crippen LogP contribution in [0.3, 0.4) is 0 Å². The monoisotopic (exact) mass is 364 g/mol. The predicted octanol–water partition coefficient (Wildman–Crippen LogP) is 1.95. The summed E-state index contributed by atoms with van der Waals surface area (Å²) in [5.74, 6) is -0.497. The highest BCUT2D eigenvalue weighted by atomic mass is 16.5. The Hall–Kier alpha value is -3.61. The number of amides is 2. The molecule has 0 saturated carbocycles. The van der Waals surface area contributed by atoms with E-state index in [9.17, 15) is 14.4 Å². The van der Waals surface area contributed by atoms with Gasteiger partial charge < -0.3 is 19.4 Å². The van der Waals surface area contributed by atoms with Crippen LogP contribution in [0, 0.1) is 0 Å². The molecule has 27 heavy (non-hydrogen) atoms. The molecule has 0 unspecified atom stereocenters. The molecule has 1 N–H and O–H groups in total. The maximum absolute atomic E-state index is 13.2. The maximum atomic E-state index is 13.2. The third-order valence-electron chi connectivity index (χ3n) is 4.43. The molecule has 1 aliphatic heterocycles. The molecule has 136 valence electrons. The highest BCUT2D eigenvalue weighted by Crippen LogP contribution is 2.34. The Labute approximate surface area is 154 Å². The van der Waals surface area contributed by atoms with Gasteiger partial charge in [0.15, 0.2) is 6.10 Å². The van der Waals surface area contributed by atoms with Gasteiger partial charge in [0.25, 0.3) is 11.8 Å². The van der Waals surface area contributed by atoms with Gasteiger partial charge in [-0.25, -0.2) is 4.79 Å². The van der Waals surface area contributed by atoms with Crippen molar-refractivity contribution < 1.29 is 18.7 Å². The molecule has 0 radical (unpaired) electrons. The lowest BCUT2D eigenvalue weighted by Crippen LogP contribution is -2.50. The quantitative estimate of drug-likeness (QED) is 0.702. The first-order valence-corrected chi connectivity index (χ1v) is 8.40. The Balaban J connectivity index is 1.79. The molecule has 2 aromatic carbocycles. The summed E-state index contributed by atoms with van der Waals surface area (Å²) in [5, 5.41) is 3.16. The standard InChI is InChI=1S/C20H16N2O5/c1-21-18(23)17-11-22(14-7-3-5-9-16(14)26-17)19(24)13-10-12-6-2-4-8-15(12)27-20(13)25/h2-10,17H,11H2,1H3,(H,21,23)/t17-/m1/s1. The summed E-state index contributed by atoms with van der Waals surface area (Å²) in [5.41, 5.74) is 0.0834. The fourth-order valence-corrected chi connectivity index (χ4v) is 3.08. The van der Waals surface area contributed by atoms with Crippen molar-refractivity contribution in [1.82, 2.24) is 5.32 Å². The number of carbonyl (C=O) groups excluding carboxylic acids is 2. The summed E-state index contributed by atoms with van der Waals surface area (Å²) in [7, 11) is 1.50. The molecule has 0 bridgehead atoms. The average Bonchev–Trinajstić information content (AvgIpc) is 2.71. The second-order valence-corrected chi connectivity index (χ2v) is 6.09. The van der Waals surface area contributed by atoms with E-state index in [2.05, 4.69) is 5.32 Å². The summed E-state index contributed by atoms with van der Waals surface area (Å²) in [6.07, 6.45) is -0.874. The molecular formula is C20H16N2O5. The van der Waals surface area contributed by atoms with Crippen LogP contribution in [0.15, 0.2) is 63.8 Å². The Bertz CT molecular complexity index is 1100. The largest absolute Gasteiger partial charge is 0.477 e. The van der Waals surface area contributed by atoms with Crippen molar-refractivity contribution in [2.24, 2.45) is 0 Å².